The molecule has 0 aliphatic carbocycles. The number of aliphatic imine (C=N–C) groups is 1. The first-order valence-electron chi connectivity index (χ1n) is 11.2. The minimum atomic E-state index is -0.971. The number of halogens is 1. The van der Waals surface area contributed by atoms with Crippen LogP contribution in [0.15, 0.2) is 34.3 Å². The summed E-state index contributed by atoms with van der Waals surface area (Å²) in [7, 11) is -0.971. The number of nitrogens with one attached hydrogen (secondary N) is 1. The molecule has 0 amide bonds. The van der Waals surface area contributed by atoms with Crippen LogP contribution in [0.5, 0.6) is 0 Å². The van der Waals surface area contributed by atoms with Crippen LogP contribution in [-0.2, 0) is 0 Å². The van der Waals surface area contributed by atoms with Crippen LogP contribution in [0.25, 0.3) is 5.70 Å². The highest BCUT2D eigenvalue weighted by Crippen LogP contribution is 2.58. The molecule has 1 N–H and O–H groups in total. The van der Waals surface area contributed by atoms with Gasteiger partial charge in [-0.1, -0.05) is 40.0 Å². The third-order valence-corrected chi connectivity index (χ3v) is 9.86. The highest BCUT2D eigenvalue weighted by Gasteiger charge is 2.30. The number of nitrogens with zero attached hydrogens (tertiary/aromatic N) is 1. The lowest BCUT2D eigenvalue weighted by Crippen LogP contribution is -2.28. The monoisotopic (exact) mass is 406 g/mol. The van der Waals surface area contributed by atoms with E-state index in [1.165, 1.54) is 60.8 Å². The Morgan fingerprint density at radius 3 is 2.04 bits per heavy atom. The Morgan fingerprint density at radius 2 is 1.50 bits per heavy atom. The maximum Gasteiger partial charge on any atom is 0.123 e. The highest BCUT2D eigenvalue weighted by atomic mass is 32.3. The predicted octanol–water partition coefficient (Wildman–Crippen LogP) is 7.11. The third-order valence-electron chi connectivity index (χ3n) is 5.45. The number of hydrogen-bond donors (Lipinski definition) is 1. The standard InChI is InChI=1S/C24H39FN2S/c1-4-7-18-28(19-8-5-2,20-9-6-3)24-23(26-16-10-11-17-27-24)21-12-14-22(25)15-13-21/h12-16,27H,4-11,17-20H2,1-3H3/b24-23+,26-16?. The van der Waals surface area contributed by atoms with E-state index in [9.17, 15) is 4.39 Å². The van der Waals surface area contributed by atoms with Gasteiger partial charge < -0.3 is 5.32 Å². The van der Waals surface area contributed by atoms with Crippen molar-refractivity contribution in [2.45, 2.75) is 72.1 Å². The van der Waals surface area contributed by atoms with Crippen molar-refractivity contribution in [3.05, 3.63) is 40.7 Å². The highest BCUT2D eigenvalue weighted by molar-refractivity contribution is 8.36. The Balaban J connectivity index is 2.60. The zero-order valence-corrected chi connectivity index (χ0v) is 18.9. The van der Waals surface area contributed by atoms with Crippen LogP contribution in [0.4, 0.5) is 4.39 Å². The van der Waals surface area contributed by atoms with Crippen LogP contribution in [-0.4, -0.2) is 30.0 Å². The van der Waals surface area contributed by atoms with E-state index >= 15 is 0 Å². The summed E-state index contributed by atoms with van der Waals surface area (Å²) in [6.07, 6.45) is 11.7. The summed E-state index contributed by atoms with van der Waals surface area (Å²) in [5.41, 5.74) is 2.11. The predicted molar refractivity (Wildman–Crippen MR) is 126 cm³/mol. The summed E-state index contributed by atoms with van der Waals surface area (Å²) in [5, 5.41) is 5.26. The van der Waals surface area contributed by atoms with E-state index in [2.05, 4.69) is 32.3 Å². The van der Waals surface area contributed by atoms with E-state index in [-0.39, 0.29) is 5.82 Å². The lowest BCUT2D eigenvalue weighted by atomic mass is 10.1. The SMILES string of the molecule is CCCCS(CCCC)(CCCC)/C1=C(\c2ccc(F)cc2)N=CCCCN1. The van der Waals surface area contributed by atoms with Crippen LogP contribution in [0.1, 0.15) is 77.7 Å². The molecular weight excluding hydrogens is 367 g/mol. The zero-order valence-electron chi connectivity index (χ0n) is 18.1. The molecule has 0 radical (unpaired) electrons. The Hall–Kier alpha value is -1.29. The van der Waals surface area contributed by atoms with Gasteiger partial charge in [0.25, 0.3) is 0 Å². The number of rotatable bonds is 11. The lowest BCUT2D eigenvalue weighted by Gasteiger charge is -2.44. The van der Waals surface area contributed by atoms with E-state index < -0.39 is 10.0 Å². The molecule has 4 heteroatoms. The van der Waals surface area contributed by atoms with Gasteiger partial charge in [0.1, 0.15) is 5.82 Å². The molecule has 0 unspecified atom stereocenters. The van der Waals surface area contributed by atoms with Gasteiger partial charge in [0.2, 0.25) is 0 Å². The van der Waals surface area contributed by atoms with Gasteiger partial charge in [-0.2, -0.15) is 10.0 Å². The van der Waals surface area contributed by atoms with Crippen molar-refractivity contribution in [3.8, 4) is 0 Å². The molecule has 158 valence electrons. The molecule has 0 spiro atoms. The van der Waals surface area contributed by atoms with Crippen molar-refractivity contribution >= 4 is 21.9 Å². The first kappa shape index (κ1) is 23.0. The molecule has 0 saturated heterocycles. The fraction of sp³-hybridized carbons (Fsp3) is 0.625. The average molecular weight is 407 g/mol. The summed E-state index contributed by atoms with van der Waals surface area (Å²) in [4.78, 5) is 4.95. The molecule has 1 heterocycles. The molecular formula is C24H39FN2S. The van der Waals surface area contributed by atoms with E-state index in [4.69, 9.17) is 4.99 Å². The Kier molecular flexibility index (Phi) is 10.1. The van der Waals surface area contributed by atoms with Gasteiger partial charge in [-0.25, -0.2) is 4.39 Å². The fourth-order valence-corrected chi connectivity index (χ4v) is 8.48. The molecule has 2 rings (SSSR count). The second kappa shape index (κ2) is 12.3. The van der Waals surface area contributed by atoms with Crippen molar-refractivity contribution in [3.63, 3.8) is 0 Å². The molecule has 1 aliphatic rings. The molecule has 1 aromatic carbocycles. The number of benzene rings is 1. The zero-order chi connectivity index (χ0) is 20.2. The van der Waals surface area contributed by atoms with Gasteiger partial charge in [-0.3, -0.25) is 4.99 Å². The van der Waals surface area contributed by atoms with Crippen molar-refractivity contribution in [2.24, 2.45) is 4.99 Å². The summed E-state index contributed by atoms with van der Waals surface area (Å²) < 4.78 is 13.6. The molecule has 1 aromatic rings. The quantitative estimate of drug-likeness (QED) is 0.416. The first-order chi connectivity index (χ1) is 13.7. The molecule has 28 heavy (non-hydrogen) atoms. The maximum absolute atomic E-state index is 13.6. The van der Waals surface area contributed by atoms with Crippen molar-refractivity contribution in [1.82, 2.24) is 5.32 Å². The van der Waals surface area contributed by atoms with Gasteiger partial charge in [0, 0.05) is 18.3 Å². The van der Waals surface area contributed by atoms with Crippen molar-refractivity contribution < 1.29 is 4.39 Å². The lowest BCUT2D eigenvalue weighted by molar-refractivity contribution is 0.627. The summed E-state index contributed by atoms with van der Waals surface area (Å²) in [6.45, 7) is 7.89. The van der Waals surface area contributed by atoms with E-state index in [1.54, 1.807) is 12.1 Å². The minimum Gasteiger partial charge on any atom is -0.379 e. The van der Waals surface area contributed by atoms with Crippen molar-refractivity contribution in [2.75, 3.05) is 23.8 Å². The molecule has 2 nitrogen and oxygen atoms in total. The normalized spacial score (nSPS) is 18.4. The number of hydrogen-bond acceptors (Lipinski definition) is 2. The fourth-order valence-electron chi connectivity index (χ4n) is 3.74. The third kappa shape index (κ3) is 6.37. The van der Waals surface area contributed by atoms with Crippen LogP contribution in [0.3, 0.4) is 0 Å². The van der Waals surface area contributed by atoms with Gasteiger partial charge >= 0.3 is 0 Å². The summed E-state index contributed by atoms with van der Waals surface area (Å²) in [6, 6.07) is 6.93. The molecule has 1 aliphatic heterocycles. The Morgan fingerprint density at radius 1 is 0.929 bits per heavy atom. The van der Waals surface area contributed by atoms with Gasteiger partial charge in [-0.05, 0) is 73.6 Å². The topological polar surface area (TPSA) is 24.4 Å². The molecule has 0 bridgehead atoms. The van der Waals surface area contributed by atoms with Crippen molar-refractivity contribution in [1.29, 1.82) is 0 Å². The molecule has 0 saturated carbocycles. The molecule has 0 atom stereocenters. The number of unbranched alkanes of at least 4 members (excludes halogenated alkanes) is 3. The maximum atomic E-state index is 13.6. The summed E-state index contributed by atoms with van der Waals surface area (Å²) in [5.74, 6) is 3.67. The first-order valence-corrected chi connectivity index (χ1v) is 13.3. The van der Waals surface area contributed by atoms with Crippen LogP contribution in [0, 0.1) is 5.82 Å². The van der Waals surface area contributed by atoms with E-state index in [0.29, 0.717) is 0 Å². The largest absolute Gasteiger partial charge is 0.379 e. The van der Waals surface area contributed by atoms with Crippen LogP contribution >= 0.6 is 10.0 Å². The Bertz CT molecular complexity index is 615. The van der Waals surface area contributed by atoms with E-state index in [1.807, 2.05) is 12.1 Å². The summed E-state index contributed by atoms with van der Waals surface area (Å²) >= 11 is 0. The Labute approximate surface area is 173 Å². The van der Waals surface area contributed by atoms with Gasteiger partial charge in [-0.15, -0.1) is 0 Å². The van der Waals surface area contributed by atoms with Crippen LogP contribution < -0.4 is 5.32 Å². The second-order valence-electron chi connectivity index (χ2n) is 7.78. The van der Waals surface area contributed by atoms with Gasteiger partial charge in [0.05, 0.1) is 10.7 Å². The average Bonchev–Trinajstić information content (AvgIpc) is 2.69. The second-order valence-corrected chi connectivity index (χ2v) is 11.5. The molecule has 0 aromatic heterocycles. The molecule has 0 fully saturated rings. The van der Waals surface area contributed by atoms with E-state index in [0.717, 1.165) is 30.6 Å². The van der Waals surface area contributed by atoms with Crippen LogP contribution in [0.2, 0.25) is 0 Å². The smallest absolute Gasteiger partial charge is 0.123 e. The minimum absolute atomic E-state index is 0.185. The van der Waals surface area contributed by atoms with Gasteiger partial charge in [0.15, 0.2) is 0 Å².